The van der Waals surface area contributed by atoms with Gasteiger partial charge in [-0.1, -0.05) is 54.1 Å². The van der Waals surface area contributed by atoms with Crippen molar-refractivity contribution >= 4 is 34.6 Å². The topological polar surface area (TPSA) is 93.5 Å². The van der Waals surface area contributed by atoms with Gasteiger partial charge in [0.05, 0.1) is 17.7 Å². The highest BCUT2D eigenvalue weighted by Gasteiger charge is 2.23. The number of ether oxygens (including phenoxy) is 1. The second-order valence-electron chi connectivity index (χ2n) is 6.10. The van der Waals surface area contributed by atoms with Crippen molar-refractivity contribution in [3.8, 4) is 5.75 Å². The van der Waals surface area contributed by atoms with E-state index >= 15 is 0 Å². The molecule has 3 rings (SSSR count). The fourth-order valence-corrected chi connectivity index (χ4v) is 3.00. The Morgan fingerprint density at radius 3 is 2.45 bits per heavy atom. The minimum Gasteiger partial charge on any atom is -0.495 e. The maximum absolute atomic E-state index is 13.1. The first kappa shape index (κ1) is 20.2. The molecule has 0 aliphatic carbocycles. The lowest BCUT2D eigenvalue weighted by atomic mass is 10.1. The molecule has 7 nitrogen and oxygen atoms in total. The highest BCUT2D eigenvalue weighted by Crippen LogP contribution is 2.30. The average Bonchev–Trinajstić information content (AvgIpc) is 2.74. The molecule has 2 N–H and O–H groups in total. The minimum atomic E-state index is -0.762. The highest BCUT2D eigenvalue weighted by atomic mass is 35.5. The lowest BCUT2D eigenvalue weighted by Gasteiger charge is -2.21. The van der Waals surface area contributed by atoms with Crippen molar-refractivity contribution < 1.29 is 14.5 Å². The number of amides is 1. The summed E-state index contributed by atoms with van der Waals surface area (Å²) < 4.78 is 5.35. The standard InChI is InChI=1S/C21H18ClN3O4/c1-29-19-10-6-5-9-17(19)24-20(14-7-3-2-4-8-14)21(26)23-15-11-12-16(22)18(13-15)25(27)28/h2-13,20,24H,1H3,(H,23,26)/t20-/m0/s1. The van der Waals surface area contributed by atoms with Gasteiger partial charge in [-0.3, -0.25) is 14.9 Å². The van der Waals surface area contributed by atoms with Gasteiger partial charge in [-0.05, 0) is 29.8 Å². The summed E-state index contributed by atoms with van der Waals surface area (Å²) >= 11 is 5.85. The molecular formula is C21H18ClN3O4. The van der Waals surface area contributed by atoms with Gasteiger partial charge in [0.2, 0.25) is 0 Å². The maximum atomic E-state index is 13.1. The van der Waals surface area contributed by atoms with E-state index in [-0.39, 0.29) is 16.4 Å². The number of carbonyl (C=O) groups excluding carboxylic acids is 1. The summed E-state index contributed by atoms with van der Waals surface area (Å²) in [4.78, 5) is 23.6. The summed E-state index contributed by atoms with van der Waals surface area (Å²) in [7, 11) is 1.55. The second-order valence-corrected chi connectivity index (χ2v) is 6.51. The van der Waals surface area contributed by atoms with Gasteiger partial charge in [0.1, 0.15) is 16.8 Å². The van der Waals surface area contributed by atoms with Crippen LogP contribution in [0.15, 0.2) is 72.8 Å². The summed E-state index contributed by atoms with van der Waals surface area (Å²) in [6, 6.07) is 19.7. The Labute approximate surface area is 172 Å². The molecule has 0 fully saturated rings. The number of anilines is 2. The molecule has 3 aromatic carbocycles. The molecule has 0 aromatic heterocycles. The first-order valence-electron chi connectivity index (χ1n) is 8.69. The van der Waals surface area contributed by atoms with Crippen LogP contribution in [0, 0.1) is 10.1 Å². The largest absolute Gasteiger partial charge is 0.495 e. The van der Waals surface area contributed by atoms with Gasteiger partial charge in [-0.2, -0.15) is 0 Å². The zero-order chi connectivity index (χ0) is 20.8. The number of carbonyl (C=O) groups is 1. The molecule has 0 spiro atoms. The quantitative estimate of drug-likeness (QED) is 0.419. The second kappa shape index (κ2) is 9.07. The Bertz CT molecular complexity index is 1030. The number of hydrogen-bond acceptors (Lipinski definition) is 5. The molecule has 0 saturated carbocycles. The molecule has 0 aliphatic heterocycles. The Hall–Kier alpha value is -3.58. The van der Waals surface area contributed by atoms with Crippen molar-refractivity contribution in [1.82, 2.24) is 0 Å². The smallest absolute Gasteiger partial charge is 0.289 e. The third kappa shape index (κ3) is 4.83. The Morgan fingerprint density at radius 2 is 1.76 bits per heavy atom. The van der Waals surface area contributed by atoms with Crippen molar-refractivity contribution in [2.75, 3.05) is 17.7 Å². The summed E-state index contributed by atoms with van der Waals surface area (Å²) in [6.07, 6.45) is 0. The molecule has 0 aliphatic rings. The number of halogens is 1. The molecule has 29 heavy (non-hydrogen) atoms. The first-order chi connectivity index (χ1) is 14.0. The van der Waals surface area contributed by atoms with Crippen LogP contribution in [0.2, 0.25) is 5.02 Å². The van der Waals surface area contributed by atoms with Crippen LogP contribution < -0.4 is 15.4 Å². The molecule has 1 amide bonds. The number of rotatable bonds is 7. The van der Waals surface area contributed by atoms with Gasteiger partial charge >= 0.3 is 0 Å². The molecule has 3 aromatic rings. The number of nitrogens with one attached hydrogen (secondary N) is 2. The van der Waals surface area contributed by atoms with E-state index < -0.39 is 16.9 Å². The third-order valence-electron chi connectivity index (χ3n) is 4.21. The molecule has 0 heterocycles. The number of hydrogen-bond donors (Lipinski definition) is 2. The van der Waals surface area contributed by atoms with Crippen LogP contribution in [0.3, 0.4) is 0 Å². The van der Waals surface area contributed by atoms with Crippen LogP contribution in [0.4, 0.5) is 17.1 Å². The lowest BCUT2D eigenvalue weighted by molar-refractivity contribution is -0.384. The van der Waals surface area contributed by atoms with E-state index in [1.807, 2.05) is 42.5 Å². The van der Waals surface area contributed by atoms with E-state index in [4.69, 9.17) is 16.3 Å². The van der Waals surface area contributed by atoms with E-state index in [0.29, 0.717) is 11.4 Å². The number of methoxy groups -OCH3 is 1. The van der Waals surface area contributed by atoms with Crippen molar-refractivity contribution in [1.29, 1.82) is 0 Å². The average molecular weight is 412 g/mol. The highest BCUT2D eigenvalue weighted by molar-refractivity contribution is 6.32. The SMILES string of the molecule is COc1ccccc1N[C@H](C(=O)Nc1ccc(Cl)c([N+](=O)[O-])c1)c1ccccc1. The minimum absolute atomic E-state index is 0.000227. The molecule has 0 saturated heterocycles. The molecule has 8 heteroatoms. The predicted molar refractivity (Wildman–Crippen MR) is 113 cm³/mol. The van der Waals surface area contributed by atoms with Crippen molar-refractivity contribution in [3.05, 3.63) is 93.5 Å². The van der Waals surface area contributed by atoms with Gasteiger partial charge < -0.3 is 15.4 Å². The Balaban J connectivity index is 1.91. The Morgan fingerprint density at radius 1 is 1.07 bits per heavy atom. The normalized spacial score (nSPS) is 11.4. The van der Waals surface area contributed by atoms with Crippen LogP contribution in [-0.2, 0) is 4.79 Å². The maximum Gasteiger partial charge on any atom is 0.289 e. The fourth-order valence-electron chi connectivity index (χ4n) is 2.81. The summed E-state index contributed by atoms with van der Waals surface area (Å²) in [6.45, 7) is 0. The van der Waals surface area contributed by atoms with Gasteiger partial charge in [-0.25, -0.2) is 0 Å². The van der Waals surface area contributed by atoms with Crippen molar-refractivity contribution in [2.45, 2.75) is 6.04 Å². The number of nitrogens with zero attached hydrogens (tertiary/aromatic N) is 1. The van der Waals surface area contributed by atoms with E-state index in [9.17, 15) is 14.9 Å². The van der Waals surface area contributed by atoms with E-state index in [0.717, 1.165) is 5.56 Å². The molecule has 148 valence electrons. The molecular weight excluding hydrogens is 394 g/mol. The summed E-state index contributed by atoms with van der Waals surface area (Å²) in [5, 5.41) is 17.0. The van der Waals surface area contributed by atoms with Gasteiger partial charge in [0, 0.05) is 11.8 Å². The number of nitro benzene ring substituents is 1. The fraction of sp³-hybridized carbons (Fsp3) is 0.0952. The lowest BCUT2D eigenvalue weighted by Crippen LogP contribution is -2.27. The van der Waals surface area contributed by atoms with Crippen molar-refractivity contribution in [3.63, 3.8) is 0 Å². The van der Waals surface area contributed by atoms with Crippen LogP contribution in [0.25, 0.3) is 0 Å². The van der Waals surface area contributed by atoms with E-state index in [1.54, 1.807) is 19.2 Å². The monoisotopic (exact) mass is 411 g/mol. The van der Waals surface area contributed by atoms with E-state index in [1.165, 1.54) is 18.2 Å². The number of para-hydroxylation sites is 2. The molecule has 0 bridgehead atoms. The zero-order valence-corrected chi connectivity index (χ0v) is 16.2. The summed E-state index contributed by atoms with van der Waals surface area (Å²) in [5.41, 5.74) is 1.35. The molecule has 0 unspecified atom stereocenters. The third-order valence-corrected chi connectivity index (χ3v) is 4.53. The van der Waals surface area contributed by atoms with E-state index in [2.05, 4.69) is 10.6 Å². The van der Waals surface area contributed by atoms with Crippen LogP contribution >= 0.6 is 11.6 Å². The number of benzene rings is 3. The summed E-state index contributed by atoms with van der Waals surface area (Å²) in [5.74, 6) is 0.196. The Kier molecular flexibility index (Phi) is 6.31. The van der Waals surface area contributed by atoms with Crippen LogP contribution in [0.5, 0.6) is 5.75 Å². The molecule has 1 atom stereocenters. The first-order valence-corrected chi connectivity index (χ1v) is 9.06. The molecule has 0 radical (unpaired) electrons. The van der Waals surface area contributed by atoms with Crippen LogP contribution in [0.1, 0.15) is 11.6 Å². The van der Waals surface area contributed by atoms with Gasteiger partial charge in [0.15, 0.2) is 0 Å². The van der Waals surface area contributed by atoms with Crippen LogP contribution in [-0.4, -0.2) is 17.9 Å². The number of nitro groups is 1. The van der Waals surface area contributed by atoms with Gasteiger partial charge in [0.25, 0.3) is 11.6 Å². The zero-order valence-electron chi connectivity index (χ0n) is 15.5. The van der Waals surface area contributed by atoms with Crippen molar-refractivity contribution in [2.24, 2.45) is 0 Å². The predicted octanol–water partition coefficient (Wildman–Crippen LogP) is 5.05. The van der Waals surface area contributed by atoms with Gasteiger partial charge in [-0.15, -0.1) is 0 Å².